The predicted octanol–water partition coefficient (Wildman–Crippen LogP) is 3.66. The highest BCUT2D eigenvalue weighted by molar-refractivity contribution is 5.79. The van der Waals surface area contributed by atoms with Crippen molar-refractivity contribution in [1.29, 1.82) is 0 Å². The molecular weight excluding hydrogens is 386 g/mol. The number of nitrogens with zero attached hydrogens (tertiary/aromatic N) is 4. The van der Waals surface area contributed by atoms with E-state index in [1.54, 1.807) is 0 Å². The van der Waals surface area contributed by atoms with Crippen LogP contribution in [0.25, 0.3) is 11.3 Å². The molecule has 1 N–H and O–H groups in total. The van der Waals surface area contributed by atoms with Gasteiger partial charge in [0.25, 0.3) is 0 Å². The first kappa shape index (κ1) is 21.8. The summed E-state index contributed by atoms with van der Waals surface area (Å²) in [7, 11) is 0. The summed E-state index contributed by atoms with van der Waals surface area (Å²) in [6, 6.07) is 12.4. The predicted molar refractivity (Wildman–Crippen MR) is 125 cm³/mol. The van der Waals surface area contributed by atoms with Crippen LogP contribution >= 0.6 is 0 Å². The number of aryl methyl sites for hydroxylation is 1. The molecule has 6 heteroatoms. The minimum Gasteiger partial charge on any atom is -0.356 e. The number of carbonyl (C=O) groups is 1. The number of benzene rings is 1. The van der Waals surface area contributed by atoms with Gasteiger partial charge in [-0.3, -0.25) is 4.79 Å². The molecule has 0 radical (unpaired) electrons. The fourth-order valence-corrected chi connectivity index (χ4v) is 4.69. The maximum Gasteiger partial charge on any atom is 0.224 e. The fraction of sp³-hybridized carbons (Fsp3) is 0.560. The Balaban J connectivity index is 1.26. The van der Waals surface area contributed by atoms with Gasteiger partial charge >= 0.3 is 0 Å². The summed E-state index contributed by atoms with van der Waals surface area (Å²) in [5.41, 5.74) is 3.18. The molecule has 2 saturated heterocycles. The zero-order valence-corrected chi connectivity index (χ0v) is 18.7. The second-order valence-corrected chi connectivity index (χ2v) is 8.98. The number of hydrogen-bond donors (Lipinski definition) is 1. The van der Waals surface area contributed by atoms with Gasteiger partial charge in [-0.05, 0) is 76.9 Å². The molecule has 3 heterocycles. The highest BCUT2D eigenvalue weighted by Crippen LogP contribution is 2.24. The molecule has 2 aromatic rings. The molecule has 1 amide bonds. The largest absolute Gasteiger partial charge is 0.356 e. The number of piperidine rings is 2. The summed E-state index contributed by atoms with van der Waals surface area (Å²) in [6.45, 7) is 8.03. The first-order chi connectivity index (χ1) is 15.2. The fourth-order valence-electron chi connectivity index (χ4n) is 4.69. The smallest absolute Gasteiger partial charge is 0.224 e. The molecule has 0 saturated carbocycles. The topological polar surface area (TPSA) is 61.4 Å². The van der Waals surface area contributed by atoms with E-state index < -0.39 is 0 Å². The van der Waals surface area contributed by atoms with Crippen molar-refractivity contribution in [1.82, 2.24) is 20.4 Å². The van der Waals surface area contributed by atoms with Crippen LogP contribution < -0.4 is 10.2 Å². The third-order valence-electron chi connectivity index (χ3n) is 6.48. The van der Waals surface area contributed by atoms with E-state index in [2.05, 4.69) is 50.4 Å². The van der Waals surface area contributed by atoms with Crippen LogP contribution in [-0.4, -0.2) is 60.3 Å². The number of amides is 1. The molecule has 4 rings (SSSR count). The molecule has 0 unspecified atom stereocenters. The lowest BCUT2D eigenvalue weighted by molar-refractivity contribution is -0.125. The molecule has 1 aromatic carbocycles. The van der Waals surface area contributed by atoms with Crippen LogP contribution in [0.1, 0.15) is 44.1 Å². The molecule has 1 atom stereocenters. The van der Waals surface area contributed by atoms with Gasteiger partial charge in [-0.25, -0.2) is 0 Å². The Hall–Kier alpha value is -2.47. The first-order valence-corrected chi connectivity index (χ1v) is 11.8. The molecule has 0 spiro atoms. The Morgan fingerprint density at radius 3 is 2.71 bits per heavy atom. The van der Waals surface area contributed by atoms with E-state index >= 15 is 0 Å². The molecule has 0 aliphatic carbocycles. The van der Waals surface area contributed by atoms with E-state index in [0.717, 1.165) is 62.5 Å². The Morgan fingerprint density at radius 2 is 1.94 bits per heavy atom. The van der Waals surface area contributed by atoms with Crippen LogP contribution in [0.4, 0.5) is 5.82 Å². The Morgan fingerprint density at radius 1 is 1.06 bits per heavy atom. The number of anilines is 1. The van der Waals surface area contributed by atoms with Gasteiger partial charge in [0.05, 0.1) is 11.6 Å². The summed E-state index contributed by atoms with van der Waals surface area (Å²) in [6.07, 6.45) is 6.99. The van der Waals surface area contributed by atoms with Gasteiger partial charge in [-0.15, -0.1) is 10.2 Å². The molecule has 2 aliphatic rings. The number of likely N-dealkylation sites (tertiary alicyclic amines) is 1. The number of rotatable bonds is 7. The lowest BCUT2D eigenvalue weighted by atomic mass is 9.97. The molecule has 166 valence electrons. The third-order valence-corrected chi connectivity index (χ3v) is 6.48. The van der Waals surface area contributed by atoms with Crippen LogP contribution in [0, 0.1) is 12.8 Å². The van der Waals surface area contributed by atoms with Crippen LogP contribution in [0.15, 0.2) is 36.4 Å². The second-order valence-electron chi connectivity index (χ2n) is 8.98. The van der Waals surface area contributed by atoms with Crippen LogP contribution in [0.2, 0.25) is 0 Å². The minimum absolute atomic E-state index is 0.0296. The number of carbonyl (C=O) groups excluding carboxylic acids is 1. The maximum absolute atomic E-state index is 12.7. The molecular formula is C25H35N5O. The van der Waals surface area contributed by atoms with Crippen molar-refractivity contribution in [2.75, 3.05) is 44.2 Å². The average molecular weight is 422 g/mol. The lowest BCUT2D eigenvalue weighted by Gasteiger charge is -2.32. The summed E-state index contributed by atoms with van der Waals surface area (Å²) >= 11 is 0. The SMILES string of the molecule is Cc1cccc(-c2ccc(N3CCC[C@H](C(=O)NCCCN4CCCCC4)C3)nn2)c1. The van der Waals surface area contributed by atoms with Gasteiger partial charge in [0.2, 0.25) is 5.91 Å². The van der Waals surface area contributed by atoms with Crippen molar-refractivity contribution in [2.24, 2.45) is 5.92 Å². The van der Waals surface area contributed by atoms with E-state index in [1.165, 1.54) is 37.9 Å². The van der Waals surface area contributed by atoms with Crippen LogP contribution in [0.5, 0.6) is 0 Å². The summed E-state index contributed by atoms with van der Waals surface area (Å²) < 4.78 is 0. The van der Waals surface area contributed by atoms with E-state index in [0.29, 0.717) is 0 Å². The van der Waals surface area contributed by atoms with Crippen molar-refractivity contribution in [2.45, 2.75) is 45.4 Å². The van der Waals surface area contributed by atoms with Gasteiger partial charge in [0.15, 0.2) is 5.82 Å². The normalized spacial score (nSPS) is 19.9. The quantitative estimate of drug-likeness (QED) is 0.692. The maximum atomic E-state index is 12.7. The van der Waals surface area contributed by atoms with E-state index in [-0.39, 0.29) is 11.8 Å². The summed E-state index contributed by atoms with van der Waals surface area (Å²) in [5.74, 6) is 1.08. The van der Waals surface area contributed by atoms with Crippen molar-refractivity contribution in [3.05, 3.63) is 42.0 Å². The lowest BCUT2D eigenvalue weighted by Crippen LogP contribution is -2.44. The first-order valence-electron chi connectivity index (χ1n) is 11.8. The van der Waals surface area contributed by atoms with Crippen molar-refractivity contribution < 1.29 is 4.79 Å². The zero-order valence-electron chi connectivity index (χ0n) is 18.7. The molecule has 2 aliphatic heterocycles. The molecule has 1 aromatic heterocycles. The van der Waals surface area contributed by atoms with Gasteiger partial charge in [0.1, 0.15) is 0 Å². The number of nitrogens with one attached hydrogen (secondary N) is 1. The highest BCUT2D eigenvalue weighted by Gasteiger charge is 2.26. The van der Waals surface area contributed by atoms with Gasteiger partial charge in [-0.2, -0.15) is 0 Å². The molecule has 2 fully saturated rings. The van der Waals surface area contributed by atoms with Gasteiger partial charge in [0, 0.05) is 25.2 Å². The minimum atomic E-state index is 0.0296. The Labute approximate surface area is 186 Å². The molecule has 31 heavy (non-hydrogen) atoms. The average Bonchev–Trinajstić information content (AvgIpc) is 2.82. The van der Waals surface area contributed by atoms with E-state index in [1.807, 2.05) is 18.2 Å². The number of hydrogen-bond acceptors (Lipinski definition) is 5. The summed E-state index contributed by atoms with van der Waals surface area (Å²) in [5, 5.41) is 12.1. The van der Waals surface area contributed by atoms with Crippen molar-refractivity contribution in [3.63, 3.8) is 0 Å². The van der Waals surface area contributed by atoms with Crippen molar-refractivity contribution in [3.8, 4) is 11.3 Å². The van der Waals surface area contributed by atoms with Gasteiger partial charge < -0.3 is 15.1 Å². The monoisotopic (exact) mass is 421 g/mol. The molecule has 0 bridgehead atoms. The summed E-state index contributed by atoms with van der Waals surface area (Å²) in [4.78, 5) is 17.4. The zero-order chi connectivity index (χ0) is 21.5. The van der Waals surface area contributed by atoms with E-state index in [4.69, 9.17) is 0 Å². The third kappa shape index (κ3) is 6.03. The number of aromatic nitrogens is 2. The standard InChI is InChI=1S/C25H35N5O/c1-20-8-5-9-21(18-20)23-11-12-24(28-27-23)30-17-6-10-22(19-30)25(31)26-13-7-16-29-14-3-2-4-15-29/h5,8-9,11-12,18,22H,2-4,6-7,10,13-17,19H2,1H3,(H,26,31)/t22-/m0/s1. The van der Waals surface area contributed by atoms with E-state index in [9.17, 15) is 4.79 Å². The highest BCUT2D eigenvalue weighted by atomic mass is 16.1. The molecule has 6 nitrogen and oxygen atoms in total. The van der Waals surface area contributed by atoms with Gasteiger partial charge in [-0.1, -0.05) is 30.2 Å². The Bertz CT molecular complexity index is 847. The second kappa shape index (κ2) is 10.7. The Kier molecular flexibility index (Phi) is 7.52. The van der Waals surface area contributed by atoms with Crippen LogP contribution in [-0.2, 0) is 4.79 Å². The van der Waals surface area contributed by atoms with Crippen molar-refractivity contribution >= 4 is 11.7 Å². The van der Waals surface area contributed by atoms with Crippen LogP contribution in [0.3, 0.4) is 0 Å².